The Morgan fingerprint density at radius 1 is 1.21 bits per heavy atom. The maximum atomic E-state index is 12.3. The van der Waals surface area contributed by atoms with Crippen LogP contribution in [0.2, 0.25) is 5.02 Å². The number of benzene rings is 1. The summed E-state index contributed by atoms with van der Waals surface area (Å²) >= 11 is 7.19. The molecule has 146 valence electrons. The minimum atomic E-state index is -0.188. The Hall–Kier alpha value is -2.84. The topological polar surface area (TPSA) is 76.6 Å². The van der Waals surface area contributed by atoms with Gasteiger partial charge < -0.3 is 19.7 Å². The van der Waals surface area contributed by atoms with Gasteiger partial charge in [-0.25, -0.2) is 9.97 Å². The third-order valence-corrected chi connectivity index (χ3v) is 4.89. The van der Waals surface area contributed by atoms with Crippen LogP contribution in [0.25, 0.3) is 11.3 Å². The van der Waals surface area contributed by atoms with E-state index in [2.05, 4.69) is 15.3 Å². The lowest BCUT2D eigenvalue weighted by Gasteiger charge is -2.16. The number of carbonyl (C=O) groups is 1. The molecule has 0 aliphatic carbocycles. The van der Waals surface area contributed by atoms with Gasteiger partial charge in [0.25, 0.3) is 0 Å². The molecule has 0 spiro atoms. The van der Waals surface area contributed by atoms with Crippen molar-refractivity contribution in [2.24, 2.45) is 0 Å². The number of nitrogens with zero attached hydrogens (tertiary/aromatic N) is 3. The highest BCUT2D eigenvalue weighted by molar-refractivity contribution is 7.14. The molecule has 0 fully saturated rings. The van der Waals surface area contributed by atoms with E-state index in [1.54, 1.807) is 44.5 Å². The number of ether oxygens (including phenoxy) is 2. The van der Waals surface area contributed by atoms with Crippen LogP contribution in [-0.4, -0.2) is 43.7 Å². The van der Waals surface area contributed by atoms with E-state index in [9.17, 15) is 4.79 Å². The molecule has 0 radical (unpaired) electrons. The molecule has 1 N–H and O–H groups in total. The van der Waals surface area contributed by atoms with Crippen LogP contribution in [-0.2, 0) is 4.79 Å². The van der Waals surface area contributed by atoms with Gasteiger partial charge in [-0.1, -0.05) is 11.6 Å². The normalized spacial score (nSPS) is 10.4. The van der Waals surface area contributed by atoms with Gasteiger partial charge in [-0.2, -0.15) is 0 Å². The summed E-state index contributed by atoms with van der Waals surface area (Å²) in [5, 5.41) is 5.76. The molecule has 0 aliphatic rings. The second-order valence-electron chi connectivity index (χ2n) is 5.85. The molecule has 3 aromatic rings. The number of carbonyl (C=O) groups excluding carboxylic acids is 1. The van der Waals surface area contributed by atoms with Crippen LogP contribution in [0.3, 0.4) is 0 Å². The summed E-state index contributed by atoms with van der Waals surface area (Å²) in [6.45, 7) is 0.139. The van der Waals surface area contributed by atoms with Gasteiger partial charge in [0.2, 0.25) is 5.91 Å². The second kappa shape index (κ2) is 8.90. The molecule has 2 heterocycles. The fourth-order valence-corrected chi connectivity index (χ4v) is 3.36. The Bertz CT molecular complexity index is 962. The van der Waals surface area contributed by atoms with Gasteiger partial charge in [-0.05, 0) is 30.3 Å². The monoisotopic (exact) mass is 418 g/mol. The SMILES string of the molecule is COc1ccc(-c2csc(NC(=O)CN(C)c3ccc(Cl)cn3)n2)cc1OC. The fourth-order valence-electron chi connectivity index (χ4n) is 2.51. The van der Waals surface area contributed by atoms with E-state index in [1.165, 1.54) is 11.3 Å². The van der Waals surface area contributed by atoms with E-state index in [1.807, 2.05) is 23.6 Å². The maximum absolute atomic E-state index is 12.3. The molecule has 28 heavy (non-hydrogen) atoms. The number of methoxy groups -OCH3 is 2. The number of amides is 1. The molecule has 1 aromatic carbocycles. The standard InChI is InChI=1S/C19H19ClN4O3S/c1-24(17-7-5-13(20)9-21-17)10-18(25)23-19-22-14(11-28-19)12-4-6-15(26-2)16(8-12)27-3/h4-9,11H,10H2,1-3H3,(H,22,23,25). The Morgan fingerprint density at radius 3 is 2.68 bits per heavy atom. The first-order valence-corrected chi connectivity index (χ1v) is 9.56. The van der Waals surface area contributed by atoms with E-state index < -0.39 is 0 Å². The van der Waals surface area contributed by atoms with Crippen LogP contribution in [0.15, 0.2) is 41.9 Å². The number of hydrogen-bond donors (Lipinski definition) is 1. The third kappa shape index (κ3) is 4.71. The molecule has 0 saturated carbocycles. The number of aromatic nitrogens is 2. The zero-order valence-electron chi connectivity index (χ0n) is 15.6. The molecule has 0 atom stereocenters. The summed E-state index contributed by atoms with van der Waals surface area (Å²) in [4.78, 5) is 22.7. The van der Waals surface area contributed by atoms with E-state index in [4.69, 9.17) is 21.1 Å². The number of likely N-dealkylation sites (N-methyl/N-ethyl adjacent to an activating group) is 1. The summed E-state index contributed by atoms with van der Waals surface area (Å²) in [7, 11) is 4.96. The van der Waals surface area contributed by atoms with Crippen molar-refractivity contribution < 1.29 is 14.3 Å². The average molecular weight is 419 g/mol. The number of rotatable bonds is 7. The zero-order chi connectivity index (χ0) is 20.1. The van der Waals surface area contributed by atoms with Crippen molar-refractivity contribution in [2.75, 3.05) is 38.0 Å². The molecule has 0 aliphatic heterocycles. The van der Waals surface area contributed by atoms with Crippen molar-refractivity contribution in [3.05, 3.63) is 46.9 Å². The molecular formula is C19H19ClN4O3S. The highest BCUT2D eigenvalue weighted by Crippen LogP contribution is 2.33. The molecule has 0 saturated heterocycles. The zero-order valence-corrected chi connectivity index (χ0v) is 17.2. The lowest BCUT2D eigenvalue weighted by molar-refractivity contribution is -0.114. The van der Waals surface area contributed by atoms with Crippen molar-refractivity contribution in [3.63, 3.8) is 0 Å². The van der Waals surface area contributed by atoms with Gasteiger partial charge in [0.05, 0.1) is 31.5 Å². The first kappa shape index (κ1) is 19.9. The number of halogens is 1. The van der Waals surface area contributed by atoms with Gasteiger partial charge in [-0.3, -0.25) is 4.79 Å². The number of thiazole rings is 1. The fraction of sp³-hybridized carbons (Fsp3) is 0.211. The summed E-state index contributed by atoms with van der Waals surface area (Å²) in [5.74, 6) is 1.74. The van der Waals surface area contributed by atoms with Crippen molar-refractivity contribution >= 4 is 39.8 Å². The van der Waals surface area contributed by atoms with Gasteiger partial charge >= 0.3 is 0 Å². The van der Waals surface area contributed by atoms with Crippen molar-refractivity contribution in [3.8, 4) is 22.8 Å². The summed E-state index contributed by atoms with van der Waals surface area (Å²) in [6.07, 6.45) is 1.54. The predicted molar refractivity (Wildman–Crippen MR) is 112 cm³/mol. The smallest absolute Gasteiger partial charge is 0.245 e. The molecule has 0 unspecified atom stereocenters. The van der Waals surface area contributed by atoms with Crippen molar-refractivity contribution in [1.29, 1.82) is 0 Å². The molecule has 2 aromatic heterocycles. The van der Waals surface area contributed by atoms with Gasteiger partial charge in [0.15, 0.2) is 16.6 Å². The minimum Gasteiger partial charge on any atom is -0.493 e. The van der Waals surface area contributed by atoms with E-state index in [0.29, 0.717) is 27.5 Å². The summed E-state index contributed by atoms with van der Waals surface area (Å²) in [6, 6.07) is 9.05. The number of anilines is 2. The highest BCUT2D eigenvalue weighted by Gasteiger charge is 2.13. The van der Waals surface area contributed by atoms with E-state index in [-0.39, 0.29) is 12.5 Å². The van der Waals surface area contributed by atoms with Crippen LogP contribution in [0.5, 0.6) is 11.5 Å². The number of nitrogens with one attached hydrogen (secondary N) is 1. The number of pyridine rings is 1. The van der Waals surface area contributed by atoms with Crippen LogP contribution in [0.1, 0.15) is 0 Å². The van der Waals surface area contributed by atoms with Gasteiger partial charge in [-0.15, -0.1) is 11.3 Å². The Labute approximate surface area is 171 Å². The van der Waals surface area contributed by atoms with Crippen LogP contribution >= 0.6 is 22.9 Å². The lowest BCUT2D eigenvalue weighted by Crippen LogP contribution is -2.30. The average Bonchev–Trinajstić information content (AvgIpc) is 3.16. The first-order chi connectivity index (χ1) is 13.5. The van der Waals surface area contributed by atoms with Crippen molar-refractivity contribution in [1.82, 2.24) is 9.97 Å². The summed E-state index contributed by atoms with van der Waals surface area (Å²) < 4.78 is 10.6. The Balaban J connectivity index is 1.65. The quantitative estimate of drug-likeness (QED) is 0.626. The van der Waals surface area contributed by atoms with E-state index >= 15 is 0 Å². The molecular weight excluding hydrogens is 400 g/mol. The highest BCUT2D eigenvalue weighted by atomic mass is 35.5. The van der Waals surface area contributed by atoms with Gasteiger partial charge in [0.1, 0.15) is 5.82 Å². The lowest BCUT2D eigenvalue weighted by atomic mass is 10.1. The predicted octanol–water partition coefficient (Wildman–Crippen LogP) is 3.95. The minimum absolute atomic E-state index is 0.139. The molecule has 7 nitrogen and oxygen atoms in total. The largest absolute Gasteiger partial charge is 0.493 e. The van der Waals surface area contributed by atoms with Crippen LogP contribution in [0.4, 0.5) is 10.9 Å². The maximum Gasteiger partial charge on any atom is 0.245 e. The molecule has 1 amide bonds. The Kier molecular flexibility index (Phi) is 6.33. The van der Waals surface area contributed by atoms with Crippen molar-refractivity contribution in [2.45, 2.75) is 0 Å². The van der Waals surface area contributed by atoms with E-state index in [0.717, 1.165) is 11.3 Å². The molecule has 3 rings (SSSR count). The molecule has 0 bridgehead atoms. The first-order valence-electron chi connectivity index (χ1n) is 8.30. The Morgan fingerprint density at radius 2 is 2.00 bits per heavy atom. The summed E-state index contributed by atoms with van der Waals surface area (Å²) in [5.41, 5.74) is 1.62. The molecule has 9 heteroatoms. The van der Waals surface area contributed by atoms with Crippen LogP contribution < -0.4 is 19.7 Å². The number of hydrogen-bond acceptors (Lipinski definition) is 7. The third-order valence-electron chi connectivity index (χ3n) is 3.91. The second-order valence-corrected chi connectivity index (χ2v) is 7.14. The van der Waals surface area contributed by atoms with Crippen LogP contribution in [0, 0.1) is 0 Å². The van der Waals surface area contributed by atoms with Gasteiger partial charge in [0, 0.05) is 24.2 Å².